The standard InChI is InChI=1S/C14H21ClN2O2/c1-2-5-16-8-11-7-14(17-9-13(11)15)19-10-12-4-3-6-18-12/h7,9,12,16H,2-6,8,10H2,1H3. The highest BCUT2D eigenvalue weighted by Crippen LogP contribution is 2.20. The molecule has 19 heavy (non-hydrogen) atoms. The third-order valence-electron chi connectivity index (χ3n) is 3.09. The van der Waals surface area contributed by atoms with E-state index in [0.717, 1.165) is 44.5 Å². The van der Waals surface area contributed by atoms with E-state index in [4.69, 9.17) is 21.1 Å². The van der Waals surface area contributed by atoms with Gasteiger partial charge in [0.2, 0.25) is 5.88 Å². The van der Waals surface area contributed by atoms with Crippen molar-refractivity contribution in [3.8, 4) is 5.88 Å². The first kappa shape index (κ1) is 14.6. The van der Waals surface area contributed by atoms with Gasteiger partial charge in [-0.2, -0.15) is 0 Å². The van der Waals surface area contributed by atoms with Gasteiger partial charge in [0.05, 0.1) is 11.1 Å². The van der Waals surface area contributed by atoms with Gasteiger partial charge in [-0.25, -0.2) is 4.98 Å². The normalized spacial score (nSPS) is 18.7. The zero-order valence-electron chi connectivity index (χ0n) is 11.3. The summed E-state index contributed by atoms with van der Waals surface area (Å²) in [6.07, 6.45) is 5.15. The lowest BCUT2D eigenvalue weighted by Gasteiger charge is -2.12. The fourth-order valence-corrected chi connectivity index (χ4v) is 2.20. The topological polar surface area (TPSA) is 43.4 Å². The van der Waals surface area contributed by atoms with Crippen molar-refractivity contribution in [3.63, 3.8) is 0 Å². The lowest BCUT2D eigenvalue weighted by molar-refractivity contribution is 0.0663. The number of rotatable bonds is 7. The van der Waals surface area contributed by atoms with Crippen molar-refractivity contribution in [2.75, 3.05) is 19.8 Å². The highest BCUT2D eigenvalue weighted by atomic mass is 35.5. The van der Waals surface area contributed by atoms with Crippen LogP contribution in [0.5, 0.6) is 5.88 Å². The predicted molar refractivity (Wildman–Crippen MR) is 75.7 cm³/mol. The SMILES string of the molecule is CCCNCc1cc(OCC2CCCO2)ncc1Cl. The molecule has 2 rings (SSSR count). The zero-order chi connectivity index (χ0) is 13.5. The number of halogens is 1. The number of ether oxygens (including phenoxy) is 2. The Morgan fingerprint density at radius 1 is 1.58 bits per heavy atom. The van der Waals surface area contributed by atoms with E-state index in [1.54, 1.807) is 6.20 Å². The molecular formula is C14H21ClN2O2. The molecule has 1 atom stereocenters. The highest BCUT2D eigenvalue weighted by molar-refractivity contribution is 6.31. The molecule has 1 fully saturated rings. The number of hydrogen-bond acceptors (Lipinski definition) is 4. The molecule has 0 aliphatic carbocycles. The number of hydrogen-bond donors (Lipinski definition) is 1. The van der Waals surface area contributed by atoms with Crippen LogP contribution in [0.3, 0.4) is 0 Å². The van der Waals surface area contributed by atoms with Gasteiger partial charge < -0.3 is 14.8 Å². The molecule has 0 saturated carbocycles. The number of aromatic nitrogens is 1. The Morgan fingerprint density at radius 2 is 2.47 bits per heavy atom. The lowest BCUT2D eigenvalue weighted by Crippen LogP contribution is -2.17. The van der Waals surface area contributed by atoms with Gasteiger partial charge in [0, 0.05) is 25.4 Å². The average Bonchev–Trinajstić information content (AvgIpc) is 2.93. The van der Waals surface area contributed by atoms with E-state index in [0.29, 0.717) is 17.5 Å². The second kappa shape index (κ2) is 7.68. The maximum absolute atomic E-state index is 6.12. The minimum absolute atomic E-state index is 0.208. The van der Waals surface area contributed by atoms with E-state index >= 15 is 0 Å². The molecule has 0 bridgehead atoms. The molecule has 1 unspecified atom stereocenters. The second-order valence-electron chi connectivity index (χ2n) is 4.74. The second-order valence-corrected chi connectivity index (χ2v) is 5.14. The number of nitrogens with one attached hydrogen (secondary N) is 1. The monoisotopic (exact) mass is 284 g/mol. The Balaban J connectivity index is 1.87. The highest BCUT2D eigenvalue weighted by Gasteiger charge is 2.16. The van der Waals surface area contributed by atoms with Crippen LogP contribution in [-0.2, 0) is 11.3 Å². The van der Waals surface area contributed by atoms with Crippen LogP contribution in [-0.4, -0.2) is 30.8 Å². The van der Waals surface area contributed by atoms with Crippen molar-refractivity contribution < 1.29 is 9.47 Å². The summed E-state index contributed by atoms with van der Waals surface area (Å²) in [5, 5.41) is 4.00. The Morgan fingerprint density at radius 3 is 3.21 bits per heavy atom. The molecule has 5 heteroatoms. The minimum Gasteiger partial charge on any atom is -0.475 e. The molecule has 0 radical (unpaired) electrons. The molecule has 106 valence electrons. The molecule has 0 amide bonds. The van der Waals surface area contributed by atoms with Crippen LogP contribution in [0.15, 0.2) is 12.3 Å². The van der Waals surface area contributed by atoms with Gasteiger partial charge in [-0.3, -0.25) is 0 Å². The van der Waals surface area contributed by atoms with Crippen LogP contribution in [0.25, 0.3) is 0 Å². The molecule has 0 aromatic carbocycles. The molecule has 0 spiro atoms. The number of nitrogens with zero attached hydrogens (tertiary/aromatic N) is 1. The third-order valence-corrected chi connectivity index (χ3v) is 3.43. The largest absolute Gasteiger partial charge is 0.475 e. The molecule has 1 aromatic rings. The third kappa shape index (κ3) is 4.64. The Hall–Kier alpha value is -0.840. The number of pyridine rings is 1. The van der Waals surface area contributed by atoms with E-state index in [9.17, 15) is 0 Å². The Bertz CT molecular complexity index is 395. The van der Waals surface area contributed by atoms with Crippen molar-refractivity contribution in [1.82, 2.24) is 10.3 Å². The smallest absolute Gasteiger partial charge is 0.213 e. The summed E-state index contributed by atoms with van der Waals surface area (Å²) in [6, 6.07) is 1.90. The lowest BCUT2D eigenvalue weighted by atomic mass is 10.2. The molecule has 1 N–H and O–H groups in total. The van der Waals surface area contributed by atoms with E-state index < -0.39 is 0 Å². The fraction of sp³-hybridized carbons (Fsp3) is 0.643. The summed E-state index contributed by atoms with van der Waals surface area (Å²) in [6.45, 7) is 5.26. The Labute approximate surface area is 119 Å². The van der Waals surface area contributed by atoms with Gasteiger partial charge >= 0.3 is 0 Å². The zero-order valence-corrected chi connectivity index (χ0v) is 12.1. The van der Waals surface area contributed by atoms with Crippen LogP contribution in [0, 0.1) is 0 Å². The van der Waals surface area contributed by atoms with Gasteiger partial charge in [-0.05, 0) is 31.4 Å². The predicted octanol–water partition coefficient (Wildman–Crippen LogP) is 2.79. The van der Waals surface area contributed by atoms with Crippen molar-refractivity contribution in [2.45, 2.75) is 38.8 Å². The summed E-state index contributed by atoms with van der Waals surface area (Å²) in [5.41, 5.74) is 1.02. The van der Waals surface area contributed by atoms with Gasteiger partial charge in [-0.1, -0.05) is 18.5 Å². The van der Waals surface area contributed by atoms with E-state index in [2.05, 4.69) is 17.2 Å². The summed E-state index contributed by atoms with van der Waals surface area (Å²) >= 11 is 6.12. The summed E-state index contributed by atoms with van der Waals surface area (Å²) in [5.74, 6) is 0.619. The Kier molecular flexibility index (Phi) is 5.89. The molecular weight excluding hydrogens is 264 g/mol. The molecule has 2 heterocycles. The van der Waals surface area contributed by atoms with Crippen LogP contribution >= 0.6 is 11.6 Å². The van der Waals surface area contributed by atoms with Crippen molar-refractivity contribution >= 4 is 11.6 Å². The summed E-state index contributed by atoms with van der Waals surface area (Å²) < 4.78 is 11.2. The van der Waals surface area contributed by atoms with E-state index in [1.165, 1.54) is 0 Å². The van der Waals surface area contributed by atoms with Crippen LogP contribution in [0.2, 0.25) is 5.02 Å². The molecule has 4 nitrogen and oxygen atoms in total. The van der Waals surface area contributed by atoms with Crippen molar-refractivity contribution in [1.29, 1.82) is 0 Å². The van der Waals surface area contributed by atoms with E-state index in [1.807, 2.05) is 6.07 Å². The summed E-state index contributed by atoms with van der Waals surface area (Å²) in [4.78, 5) is 4.19. The van der Waals surface area contributed by atoms with Crippen LogP contribution < -0.4 is 10.1 Å². The fourth-order valence-electron chi connectivity index (χ4n) is 2.03. The van der Waals surface area contributed by atoms with Crippen LogP contribution in [0.4, 0.5) is 0 Å². The summed E-state index contributed by atoms with van der Waals surface area (Å²) in [7, 11) is 0. The maximum atomic E-state index is 6.12. The molecule has 1 aromatic heterocycles. The van der Waals surface area contributed by atoms with Crippen molar-refractivity contribution in [2.24, 2.45) is 0 Å². The first-order chi connectivity index (χ1) is 9.29. The first-order valence-corrected chi connectivity index (χ1v) is 7.27. The van der Waals surface area contributed by atoms with Crippen LogP contribution in [0.1, 0.15) is 31.7 Å². The van der Waals surface area contributed by atoms with Crippen molar-refractivity contribution in [3.05, 3.63) is 22.8 Å². The first-order valence-electron chi connectivity index (χ1n) is 6.89. The quantitative estimate of drug-likeness (QED) is 0.782. The van der Waals surface area contributed by atoms with Gasteiger partial charge in [0.1, 0.15) is 6.61 Å². The van der Waals surface area contributed by atoms with Gasteiger partial charge in [0.15, 0.2) is 0 Å². The van der Waals surface area contributed by atoms with Gasteiger partial charge in [-0.15, -0.1) is 0 Å². The van der Waals surface area contributed by atoms with Gasteiger partial charge in [0.25, 0.3) is 0 Å². The molecule has 1 aliphatic heterocycles. The molecule has 1 aliphatic rings. The van der Waals surface area contributed by atoms with E-state index in [-0.39, 0.29) is 6.10 Å². The minimum atomic E-state index is 0.208. The average molecular weight is 285 g/mol. The molecule has 1 saturated heterocycles. The maximum Gasteiger partial charge on any atom is 0.213 e.